The van der Waals surface area contributed by atoms with Crippen LogP contribution < -0.4 is 59.1 Å². The Morgan fingerprint density at radius 1 is 1.33 bits per heavy atom. The fourth-order valence-electron chi connectivity index (χ4n) is 0. The van der Waals surface area contributed by atoms with Crippen LogP contribution in [0.1, 0.15) is 2.85 Å². The fraction of sp³-hybridized carbons (Fsp3) is 1.00. The van der Waals surface area contributed by atoms with E-state index < -0.39 is 13.8 Å². The molecule has 0 spiro atoms. The van der Waals surface area contributed by atoms with E-state index in [1.807, 2.05) is 0 Å². The minimum absolute atomic E-state index is 0. The molecule has 0 aliphatic carbocycles. The van der Waals surface area contributed by atoms with E-state index in [9.17, 15) is 13.3 Å². The van der Waals surface area contributed by atoms with Crippen molar-refractivity contribution < 1.29 is 85.1 Å². The number of hydrogen-bond acceptors (Lipinski definition) is 1. The van der Waals surface area contributed by atoms with Crippen molar-refractivity contribution in [1.29, 1.82) is 0 Å². The summed E-state index contributed by atoms with van der Waals surface area (Å²) in [4.78, 5) is 14.9. The summed E-state index contributed by atoms with van der Waals surface area (Å²) in [6, 6.07) is 0. The SMILES string of the molecule is O=P(O)(O)C(F)F.[H-].[H-].[Na+].[Na+]. The fourth-order valence-corrected chi connectivity index (χ4v) is 0. The monoisotopic (exact) mass is 180 g/mol. The second-order valence-electron chi connectivity index (χ2n) is 0.867. The van der Waals surface area contributed by atoms with Crippen LogP contribution in [0.25, 0.3) is 0 Å². The van der Waals surface area contributed by atoms with Gasteiger partial charge in [0.1, 0.15) is 0 Å². The second-order valence-corrected chi connectivity index (χ2v) is 2.44. The summed E-state index contributed by atoms with van der Waals surface area (Å²) in [5.41, 5.74) is 0. The van der Waals surface area contributed by atoms with E-state index in [-0.39, 0.29) is 62.0 Å². The zero-order chi connectivity index (χ0) is 6.08. The number of halogens is 2. The van der Waals surface area contributed by atoms with Gasteiger partial charge in [0.05, 0.1) is 0 Å². The summed E-state index contributed by atoms with van der Waals surface area (Å²) in [6.07, 6.45) is -3.53. The molecule has 0 aliphatic rings. The topological polar surface area (TPSA) is 57.5 Å². The van der Waals surface area contributed by atoms with Crippen LogP contribution in [0.4, 0.5) is 8.78 Å². The third-order valence-electron chi connectivity index (χ3n) is 0.254. The van der Waals surface area contributed by atoms with Gasteiger partial charge in [0.25, 0.3) is 0 Å². The molecular weight excluding hydrogens is 175 g/mol. The number of hydrogen-bond donors (Lipinski definition) is 2. The van der Waals surface area contributed by atoms with Crippen LogP contribution in [0, 0.1) is 0 Å². The van der Waals surface area contributed by atoms with Crippen LogP contribution in [0.5, 0.6) is 0 Å². The van der Waals surface area contributed by atoms with E-state index in [0.29, 0.717) is 0 Å². The van der Waals surface area contributed by atoms with Crippen molar-refractivity contribution in [2.24, 2.45) is 0 Å². The molecule has 0 heterocycles. The average Bonchev–Trinajstić information content (AvgIpc) is 1.31. The van der Waals surface area contributed by atoms with E-state index in [4.69, 9.17) is 9.79 Å². The Morgan fingerprint density at radius 2 is 1.44 bits per heavy atom. The summed E-state index contributed by atoms with van der Waals surface area (Å²) >= 11 is 0. The number of alkyl halides is 2. The molecule has 0 amide bonds. The molecule has 0 aromatic heterocycles. The molecule has 2 N–H and O–H groups in total. The van der Waals surface area contributed by atoms with Crippen molar-refractivity contribution in [2.45, 2.75) is 6.17 Å². The first-order valence-corrected chi connectivity index (χ1v) is 2.96. The standard InChI is InChI=1S/CH3F2O3P.2Na.2H/c2-1(3)7(4,5)6;;;;/h1H,(H2,4,5,6);;;;/q;2*+1;2*-1. The summed E-state index contributed by atoms with van der Waals surface area (Å²) < 4.78 is 30.8. The quantitative estimate of drug-likeness (QED) is 0.313. The van der Waals surface area contributed by atoms with Gasteiger partial charge in [0.15, 0.2) is 0 Å². The van der Waals surface area contributed by atoms with Gasteiger partial charge in [0.2, 0.25) is 0 Å². The minimum Gasteiger partial charge on any atom is -1.00 e. The Labute approximate surface area is 97.9 Å². The van der Waals surface area contributed by atoms with E-state index >= 15 is 0 Å². The normalized spacial score (nSPS) is 9.89. The van der Waals surface area contributed by atoms with Gasteiger partial charge in [-0.25, -0.2) is 0 Å². The molecule has 0 aromatic carbocycles. The molecule has 0 saturated heterocycles. The molecule has 0 bridgehead atoms. The Morgan fingerprint density at radius 3 is 1.44 bits per heavy atom. The molecule has 8 heteroatoms. The van der Waals surface area contributed by atoms with Gasteiger partial charge >= 0.3 is 72.9 Å². The third-order valence-corrected chi connectivity index (χ3v) is 0.763. The Hall–Kier alpha value is 2.01. The van der Waals surface area contributed by atoms with Gasteiger partial charge in [-0.1, -0.05) is 0 Å². The van der Waals surface area contributed by atoms with Crippen molar-refractivity contribution in [1.82, 2.24) is 0 Å². The molecular formula is CH5F2Na2O3P. The van der Waals surface area contributed by atoms with Crippen LogP contribution in [0.15, 0.2) is 0 Å². The largest absolute Gasteiger partial charge is 1.00 e. The van der Waals surface area contributed by atoms with Crippen molar-refractivity contribution in [3.8, 4) is 0 Å². The first kappa shape index (κ1) is 17.2. The summed E-state index contributed by atoms with van der Waals surface area (Å²) in [5, 5.41) is 0. The molecule has 3 nitrogen and oxygen atoms in total. The predicted octanol–water partition coefficient (Wildman–Crippen LogP) is -5.38. The molecule has 0 aromatic rings. The number of rotatable bonds is 1. The smallest absolute Gasteiger partial charge is 1.00 e. The van der Waals surface area contributed by atoms with Gasteiger partial charge in [0, 0.05) is 0 Å². The molecule has 0 radical (unpaired) electrons. The molecule has 0 rings (SSSR count). The molecule has 0 saturated carbocycles. The predicted molar refractivity (Wildman–Crippen MR) is 20.3 cm³/mol. The molecule has 0 aliphatic heterocycles. The molecule has 0 atom stereocenters. The maximum absolute atomic E-state index is 10.8. The summed E-state index contributed by atoms with van der Waals surface area (Å²) in [6.45, 7) is 0. The van der Waals surface area contributed by atoms with Crippen molar-refractivity contribution in [3.63, 3.8) is 0 Å². The van der Waals surface area contributed by atoms with Gasteiger partial charge in [-0.2, -0.15) is 8.78 Å². The first-order chi connectivity index (χ1) is 2.94. The van der Waals surface area contributed by atoms with Gasteiger partial charge in [-0.3, -0.25) is 4.57 Å². The van der Waals surface area contributed by atoms with Crippen LogP contribution in [0.2, 0.25) is 0 Å². The van der Waals surface area contributed by atoms with Gasteiger partial charge in [-0.05, 0) is 0 Å². The molecule has 0 unspecified atom stereocenters. The zero-order valence-corrected chi connectivity index (χ0v) is 9.98. The van der Waals surface area contributed by atoms with Crippen LogP contribution >= 0.6 is 7.60 Å². The minimum atomic E-state index is -5.07. The zero-order valence-electron chi connectivity index (χ0n) is 7.08. The first-order valence-electron chi connectivity index (χ1n) is 1.28. The Balaban J connectivity index is -0.0000000300. The van der Waals surface area contributed by atoms with Gasteiger partial charge in [-0.15, -0.1) is 0 Å². The van der Waals surface area contributed by atoms with Gasteiger partial charge < -0.3 is 12.6 Å². The maximum atomic E-state index is 10.8. The molecule has 48 valence electrons. The third kappa shape index (κ3) is 10.0. The summed E-state index contributed by atoms with van der Waals surface area (Å²) in [7, 11) is -5.07. The summed E-state index contributed by atoms with van der Waals surface area (Å²) in [5.74, 6) is 0. The van der Waals surface area contributed by atoms with Crippen molar-refractivity contribution >= 4 is 7.60 Å². The van der Waals surface area contributed by atoms with E-state index in [0.717, 1.165) is 0 Å². The van der Waals surface area contributed by atoms with Crippen LogP contribution in [-0.2, 0) is 4.57 Å². The van der Waals surface area contributed by atoms with E-state index in [1.165, 1.54) is 0 Å². The van der Waals surface area contributed by atoms with Crippen molar-refractivity contribution in [2.75, 3.05) is 0 Å². The van der Waals surface area contributed by atoms with Crippen LogP contribution in [-0.4, -0.2) is 16.0 Å². The second kappa shape index (κ2) is 6.70. The van der Waals surface area contributed by atoms with Crippen molar-refractivity contribution in [3.05, 3.63) is 0 Å². The van der Waals surface area contributed by atoms with E-state index in [2.05, 4.69) is 0 Å². The molecule has 9 heavy (non-hydrogen) atoms. The Kier molecular flexibility index (Phi) is 12.8. The maximum Gasteiger partial charge on any atom is 1.00 e. The molecule has 0 fully saturated rings. The average molecular weight is 180 g/mol. The Bertz CT molecular complexity index is 110. The van der Waals surface area contributed by atoms with E-state index in [1.54, 1.807) is 0 Å². The van der Waals surface area contributed by atoms with Crippen LogP contribution in [0.3, 0.4) is 0 Å².